The molecule has 0 fully saturated rings. The summed E-state index contributed by atoms with van der Waals surface area (Å²) < 4.78 is 2.47. The van der Waals surface area contributed by atoms with Gasteiger partial charge in [-0.2, -0.15) is 0 Å². The van der Waals surface area contributed by atoms with Crippen molar-refractivity contribution in [3.8, 4) is 39.6 Å². The molecule has 3 heteroatoms. The van der Waals surface area contributed by atoms with Crippen molar-refractivity contribution in [2.24, 2.45) is 0 Å². The highest BCUT2D eigenvalue weighted by Gasteiger charge is 2.41. The molecule has 6 aromatic carbocycles. The zero-order chi connectivity index (χ0) is 29.4. The molecule has 2 aromatic heterocycles. The Kier molecular flexibility index (Phi) is 5.24. The minimum atomic E-state index is -0.139. The van der Waals surface area contributed by atoms with E-state index in [1.54, 1.807) is 0 Å². The van der Waals surface area contributed by atoms with Gasteiger partial charge in [-0.1, -0.05) is 129 Å². The van der Waals surface area contributed by atoms with E-state index >= 15 is 0 Å². The molecule has 0 amide bonds. The van der Waals surface area contributed by atoms with E-state index in [0.717, 1.165) is 39.2 Å². The second kappa shape index (κ2) is 9.23. The Hall–Kier alpha value is -5.54. The predicted octanol–water partition coefficient (Wildman–Crippen LogP) is 10.4. The van der Waals surface area contributed by atoms with Gasteiger partial charge in [0.2, 0.25) is 0 Å². The highest BCUT2D eigenvalue weighted by Crippen LogP contribution is 2.54. The first kappa shape index (κ1) is 25.0. The quantitative estimate of drug-likeness (QED) is 0.214. The fourth-order valence-electron chi connectivity index (χ4n) is 7.35. The molecule has 1 aliphatic rings. The molecule has 9 rings (SSSR count). The number of hydrogen-bond donors (Lipinski definition) is 0. The molecule has 3 nitrogen and oxygen atoms in total. The van der Waals surface area contributed by atoms with Crippen LogP contribution < -0.4 is 0 Å². The van der Waals surface area contributed by atoms with Crippen molar-refractivity contribution in [3.05, 3.63) is 151 Å². The second-order valence-electron chi connectivity index (χ2n) is 12.2. The maximum absolute atomic E-state index is 5.17. The predicted molar refractivity (Wildman–Crippen MR) is 182 cm³/mol. The van der Waals surface area contributed by atoms with Gasteiger partial charge < -0.3 is 4.57 Å². The minimum absolute atomic E-state index is 0.139. The number of benzene rings is 6. The molecule has 0 N–H and O–H groups in total. The first-order valence-electron chi connectivity index (χ1n) is 15.2. The maximum atomic E-state index is 5.17. The van der Waals surface area contributed by atoms with Crippen LogP contribution in [0.2, 0.25) is 0 Å². The molecule has 0 saturated heterocycles. The Morgan fingerprint density at radius 2 is 1.30 bits per heavy atom. The van der Waals surface area contributed by atoms with E-state index in [2.05, 4.69) is 134 Å². The monoisotopic (exact) mass is 563 g/mol. The summed E-state index contributed by atoms with van der Waals surface area (Å²) in [6.45, 7) is 4.74. The van der Waals surface area contributed by atoms with Gasteiger partial charge >= 0.3 is 0 Å². The number of fused-ring (bicyclic) bond motifs is 8. The topological polar surface area (TPSA) is 30.7 Å². The smallest absolute Gasteiger partial charge is 0.160 e. The Bertz CT molecular complexity index is 2400. The van der Waals surface area contributed by atoms with E-state index < -0.39 is 0 Å². The van der Waals surface area contributed by atoms with Crippen LogP contribution in [0.1, 0.15) is 25.0 Å². The third kappa shape index (κ3) is 3.50. The Morgan fingerprint density at radius 1 is 0.591 bits per heavy atom. The van der Waals surface area contributed by atoms with Crippen LogP contribution in [-0.2, 0) is 5.41 Å². The molecule has 44 heavy (non-hydrogen) atoms. The SMILES string of the molecule is CC1(C)c2ccccc2-c2c1c1c3ccccc3ccc1n2-c1ccc2c(-c3ccccc3)nc(-c3ccccc3)nc2c1. The van der Waals surface area contributed by atoms with E-state index in [4.69, 9.17) is 9.97 Å². The largest absolute Gasteiger partial charge is 0.309 e. The summed E-state index contributed by atoms with van der Waals surface area (Å²) >= 11 is 0. The Morgan fingerprint density at radius 3 is 2.11 bits per heavy atom. The number of aromatic nitrogens is 3. The van der Waals surface area contributed by atoms with Gasteiger partial charge in [0.1, 0.15) is 0 Å². The van der Waals surface area contributed by atoms with Crippen LogP contribution in [0.15, 0.2) is 140 Å². The van der Waals surface area contributed by atoms with E-state index in [1.165, 1.54) is 44.1 Å². The van der Waals surface area contributed by atoms with Crippen molar-refractivity contribution >= 4 is 32.6 Å². The molecule has 0 bridgehead atoms. The molecule has 0 spiro atoms. The third-order valence-electron chi connectivity index (χ3n) is 9.36. The fraction of sp³-hybridized carbons (Fsp3) is 0.0732. The zero-order valence-corrected chi connectivity index (χ0v) is 24.6. The van der Waals surface area contributed by atoms with Crippen LogP contribution in [-0.4, -0.2) is 14.5 Å². The van der Waals surface area contributed by atoms with E-state index in [-0.39, 0.29) is 5.41 Å². The van der Waals surface area contributed by atoms with Crippen LogP contribution in [0.25, 0.3) is 72.2 Å². The van der Waals surface area contributed by atoms with Gasteiger partial charge in [0, 0.05) is 38.6 Å². The molecule has 1 aliphatic carbocycles. The van der Waals surface area contributed by atoms with Gasteiger partial charge in [0.25, 0.3) is 0 Å². The van der Waals surface area contributed by atoms with E-state index in [1.807, 2.05) is 24.3 Å². The van der Waals surface area contributed by atoms with Crippen LogP contribution >= 0.6 is 0 Å². The van der Waals surface area contributed by atoms with Crippen molar-refractivity contribution in [2.45, 2.75) is 19.3 Å². The normalized spacial score (nSPS) is 13.4. The highest BCUT2D eigenvalue weighted by molar-refractivity contribution is 6.14. The van der Waals surface area contributed by atoms with Crippen LogP contribution in [0.5, 0.6) is 0 Å². The molecule has 0 radical (unpaired) electrons. The summed E-state index contributed by atoms with van der Waals surface area (Å²) in [4.78, 5) is 10.3. The molecule has 0 aliphatic heterocycles. The molecular formula is C41H29N3. The molecule has 2 heterocycles. The molecule has 8 aromatic rings. The van der Waals surface area contributed by atoms with E-state index in [9.17, 15) is 0 Å². The molecular weight excluding hydrogens is 534 g/mol. The maximum Gasteiger partial charge on any atom is 0.160 e. The summed E-state index contributed by atoms with van der Waals surface area (Å²) in [5.74, 6) is 0.731. The Balaban J connectivity index is 1.39. The molecule has 208 valence electrons. The van der Waals surface area contributed by atoms with Crippen LogP contribution in [0.3, 0.4) is 0 Å². The summed E-state index contributed by atoms with van der Waals surface area (Å²) in [6, 6.07) is 49.6. The Labute approximate surface area is 256 Å². The van der Waals surface area contributed by atoms with Crippen molar-refractivity contribution in [1.82, 2.24) is 14.5 Å². The van der Waals surface area contributed by atoms with Crippen molar-refractivity contribution < 1.29 is 0 Å². The average molecular weight is 564 g/mol. The van der Waals surface area contributed by atoms with Gasteiger partial charge in [-0.05, 0) is 46.2 Å². The summed E-state index contributed by atoms with van der Waals surface area (Å²) in [7, 11) is 0. The average Bonchev–Trinajstić information content (AvgIpc) is 3.55. The minimum Gasteiger partial charge on any atom is -0.309 e. The number of rotatable bonds is 3. The van der Waals surface area contributed by atoms with Crippen molar-refractivity contribution in [1.29, 1.82) is 0 Å². The molecule has 0 unspecified atom stereocenters. The first-order valence-corrected chi connectivity index (χ1v) is 15.2. The second-order valence-corrected chi connectivity index (χ2v) is 12.2. The number of hydrogen-bond acceptors (Lipinski definition) is 2. The third-order valence-corrected chi connectivity index (χ3v) is 9.36. The van der Waals surface area contributed by atoms with E-state index in [0.29, 0.717) is 0 Å². The van der Waals surface area contributed by atoms with Crippen molar-refractivity contribution in [2.75, 3.05) is 0 Å². The lowest BCUT2D eigenvalue weighted by Crippen LogP contribution is -2.14. The lowest BCUT2D eigenvalue weighted by molar-refractivity contribution is 0.666. The van der Waals surface area contributed by atoms with Crippen LogP contribution in [0.4, 0.5) is 0 Å². The van der Waals surface area contributed by atoms with Crippen molar-refractivity contribution in [3.63, 3.8) is 0 Å². The summed E-state index contributed by atoms with van der Waals surface area (Å²) in [6.07, 6.45) is 0. The standard InChI is InChI=1S/C41H29N3/c1-41(2)33-20-12-11-19-31(33)39-37(41)36-30-18-10-9-13-26(30)21-24-35(36)44(39)29-22-23-32-34(25-29)42-40(28-16-7-4-8-17-28)43-38(32)27-14-5-3-6-15-27/h3-25H,1-2H3. The molecule has 0 saturated carbocycles. The van der Waals surface area contributed by atoms with Crippen LogP contribution in [0, 0.1) is 0 Å². The van der Waals surface area contributed by atoms with Gasteiger partial charge in [0.05, 0.1) is 22.4 Å². The lowest BCUT2D eigenvalue weighted by atomic mass is 9.81. The summed E-state index contributed by atoms with van der Waals surface area (Å²) in [5, 5.41) is 4.93. The first-order chi connectivity index (χ1) is 21.6. The lowest BCUT2D eigenvalue weighted by Gasteiger charge is -2.21. The number of nitrogens with zero attached hydrogens (tertiary/aromatic N) is 3. The van der Waals surface area contributed by atoms with Gasteiger partial charge in [-0.15, -0.1) is 0 Å². The van der Waals surface area contributed by atoms with Gasteiger partial charge in [-0.25, -0.2) is 9.97 Å². The molecule has 0 atom stereocenters. The van der Waals surface area contributed by atoms with Gasteiger partial charge in [-0.3, -0.25) is 0 Å². The zero-order valence-electron chi connectivity index (χ0n) is 24.6. The fourth-order valence-corrected chi connectivity index (χ4v) is 7.35. The summed E-state index contributed by atoms with van der Waals surface area (Å²) in [5.41, 5.74) is 11.5. The van der Waals surface area contributed by atoms with Gasteiger partial charge in [0.15, 0.2) is 5.82 Å². The highest BCUT2D eigenvalue weighted by atomic mass is 15.0.